The van der Waals surface area contributed by atoms with Crippen molar-refractivity contribution in [3.63, 3.8) is 0 Å². The van der Waals surface area contributed by atoms with Crippen LogP contribution in [-0.2, 0) is 20.9 Å². The molecule has 3 amide bonds. The van der Waals surface area contributed by atoms with E-state index in [9.17, 15) is 14.4 Å². The van der Waals surface area contributed by atoms with Crippen molar-refractivity contribution in [2.24, 2.45) is 0 Å². The molecule has 0 saturated carbocycles. The van der Waals surface area contributed by atoms with Crippen molar-refractivity contribution in [1.82, 2.24) is 10.6 Å². The van der Waals surface area contributed by atoms with Gasteiger partial charge in [-0.15, -0.1) is 0 Å². The Labute approximate surface area is 193 Å². The Morgan fingerprint density at radius 1 is 1.03 bits per heavy atom. The summed E-state index contributed by atoms with van der Waals surface area (Å²) in [6.45, 7) is 5.77. The van der Waals surface area contributed by atoms with Crippen LogP contribution in [-0.4, -0.2) is 30.1 Å². The number of hydrogen-bond donors (Lipinski definition) is 3. The lowest BCUT2D eigenvalue weighted by Crippen LogP contribution is -2.34. The van der Waals surface area contributed by atoms with Crippen molar-refractivity contribution in [1.29, 1.82) is 0 Å². The predicted octanol–water partition coefficient (Wildman–Crippen LogP) is 4.52. The maximum absolute atomic E-state index is 12.1. The molecule has 0 aliphatic heterocycles. The molecule has 0 atom stereocenters. The minimum atomic E-state index is -0.590. The van der Waals surface area contributed by atoms with E-state index in [4.69, 9.17) is 16.3 Å². The molecule has 170 valence electrons. The van der Waals surface area contributed by atoms with Gasteiger partial charge in [-0.1, -0.05) is 35.9 Å². The van der Waals surface area contributed by atoms with Gasteiger partial charge in [0.2, 0.25) is 11.8 Å². The highest BCUT2D eigenvalue weighted by Gasteiger charge is 2.15. The highest BCUT2D eigenvalue weighted by Crippen LogP contribution is 2.13. The third kappa shape index (κ3) is 10.1. The molecule has 2 aromatic rings. The zero-order chi connectivity index (χ0) is 23.6. The molecule has 7 nitrogen and oxygen atoms in total. The smallest absolute Gasteiger partial charge is 0.407 e. The lowest BCUT2D eigenvalue weighted by molar-refractivity contribution is -0.117. The van der Waals surface area contributed by atoms with Crippen molar-refractivity contribution in [3.8, 4) is 0 Å². The first kappa shape index (κ1) is 24.9. The summed E-state index contributed by atoms with van der Waals surface area (Å²) in [6.07, 6.45) is 2.67. The summed E-state index contributed by atoms with van der Waals surface area (Å²) in [4.78, 5) is 35.8. The quantitative estimate of drug-likeness (QED) is 0.507. The minimum Gasteiger partial charge on any atom is -0.444 e. The summed E-state index contributed by atoms with van der Waals surface area (Å²) in [5.41, 5.74) is 1.68. The van der Waals surface area contributed by atoms with Crippen LogP contribution in [0, 0.1) is 0 Å². The van der Waals surface area contributed by atoms with E-state index in [1.165, 1.54) is 6.08 Å². The summed E-state index contributed by atoms with van der Waals surface area (Å²) in [7, 11) is 0. The highest BCUT2D eigenvalue weighted by atomic mass is 35.5. The molecule has 32 heavy (non-hydrogen) atoms. The molecule has 0 unspecified atom stereocenters. The van der Waals surface area contributed by atoms with Crippen LogP contribution in [0.15, 0.2) is 54.6 Å². The number of halogens is 1. The van der Waals surface area contributed by atoms with E-state index in [1.54, 1.807) is 57.2 Å². The monoisotopic (exact) mass is 457 g/mol. The van der Waals surface area contributed by atoms with Gasteiger partial charge in [-0.25, -0.2) is 4.79 Å². The van der Waals surface area contributed by atoms with Gasteiger partial charge in [-0.2, -0.15) is 0 Å². The zero-order valence-electron chi connectivity index (χ0n) is 18.4. The normalized spacial score (nSPS) is 11.1. The maximum atomic E-state index is 12.1. The van der Waals surface area contributed by atoms with Crippen molar-refractivity contribution in [3.05, 3.63) is 70.8 Å². The molecular formula is C24H28ClN3O4. The number of amides is 3. The van der Waals surface area contributed by atoms with Gasteiger partial charge in [0, 0.05) is 36.3 Å². The van der Waals surface area contributed by atoms with Crippen LogP contribution < -0.4 is 16.0 Å². The van der Waals surface area contributed by atoms with E-state index in [-0.39, 0.29) is 24.8 Å². The molecule has 2 aromatic carbocycles. The average Bonchev–Trinajstić information content (AvgIpc) is 2.70. The van der Waals surface area contributed by atoms with Crippen molar-refractivity contribution >= 4 is 41.3 Å². The Bertz CT molecular complexity index is 983. The number of carbonyl (C=O) groups is 3. The van der Waals surface area contributed by atoms with Crippen LogP contribution in [0.4, 0.5) is 10.5 Å². The van der Waals surface area contributed by atoms with Crippen LogP contribution >= 0.6 is 11.6 Å². The third-order valence-electron chi connectivity index (χ3n) is 3.97. The third-order valence-corrected chi connectivity index (χ3v) is 4.21. The first-order valence-corrected chi connectivity index (χ1v) is 10.6. The Morgan fingerprint density at radius 2 is 1.78 bits per heavy atom. The van der Waals surface area contributed by atoms with Crippen LogP contribution in [0.5, 0.6) is 0 Å². The van der Waals surface area contributed by atoms with Gasteiger partial charge in [-0.05, 0) is 62.2 Å². The van der Waals surface area contributed by atoms with Gasteiger partial charge >= 0.3 is 6.09 Å². The Morgan fingerprint density at radius 3 is 2.50 bits per heavy atom. The predicted molar refractivity (Wildman–Crippen MR) is 126 cm³/mol. The molecule has 0 radical (unpaired) electrons. The minimum absolute atomic E-state index is 0.106. The van der Waals surface area contributed by atoms with Gasteiger partial charge in [0.05, 0.1) is 0 Å². The standard InChI is InChI=1S/C24H28ClN3O4/c1-24(2,3)32-23(31)26-13-12-22(30)28-20-9-5-7-18(15-20)16-27-21(29)11-10-17-6-4-8-19(25)14-17/h4-11,14-15H,12-13,16H2,1-3H3,(H,26,31)(H,27,29)(H,28,30)/b11-10+. The zero-order valence-corrected chi connectivity index (χ0v) is 19.2. The van der Waals surface area contributed by atoms with Gasteiger partial charge in [-0.3, -0.25) is 9.59 Å². The summed E-state index contributed by atoms with van der Waals surface area (Å²) in [5, 5.41) is 8.72. The second kappa shape index (κ2) is 11.9. The van der Waals surface area contributed by atoms with Crippen molar-refractivity contribution in [2.75, 3.05) is 11.9 Å². The number of nitrogens with one attached hydrogen (secondary N) is 3. The van der Waals surface area contributed by atoms with Gasteiger partial charge in [0.1, 0.15) is 5.60 Å². The molecule has 8 heteroatoms. The number of hydrogen-bond acceptors (Lipinski definition) is 4. The molecule has 2 rings (SSSR count). The number of rotatable bonds is 8. The molecule has 0 spiro atoms. The SMILES string of the molecule is CC(C)(C)OC(=O)NCCC(=O)Nc1cccc(CNC(=O)/C=C/c2cccc(Cl)c2)c1. The molecule has 0 aliphatic rings. The second-order valence-electron chi connectivity index (χ2n) is 8.03. The lowest BCUT2D eigenvalue weighted by Gasteiger charge is -2.19. The van der Waals surface area contributed by atoms with E-state index in [0.29, 0.717) is 17.3 Å². The molecule has 0 bridgehead atoms. The largest absolute Gasteiger partial charge is 0.444 e. The number of alkyl carbamates (subject to hydrolysis) is 1. The number of ether oxygens (including phenoxy) is 1. The summed E-state index contributed by atoms with van der Waals surface area (Å²) in [5.74, 6) is -0.487. The first-order chi connectivity index (χ1) is 15.1. The molecule has 3 N–H and O–H groups in total. The molecule has 0 aliphatic carbocycles. The highest BCUT2D eigenvalue weighted by molar-refractivity contribution is 6.30. The van der Waals surface area contributed by atoms with Crippen LogP contribution in [0.3, 0.4) is 0 Å². The van der Waals surface area contributed by atoms with Crippen LogP contribution in [0.2, 0.25) is 5.02 Å². The number of anilines is 1. The fraction of sp³-hybridized carbons (Fsp3) is 0.292. The summed E-state index contributed by atoms with van der Waals surface area (Å²) in [6, 6.07) is 14.4. The molecule has 0 fully saturated rings. The van der Waals surface area contributed by atoms with Gasteiger partial charge in [0.15, 0.2) is 0 Å². The van der Waals surface area contributed by atoms with E-state index in [2.05, 4.69) is 16.0 Å². The fourth-order valence-electron chi connectivity index (χ4n) is 2.61. The van der Waals surface area contributed by atoms with Crippen molar-refractivity contribution < 1.29 is 19.1 Å². The Kier molecular flexibility index (Phi) is 9.28. The van der Waals surface area contributed by atoms with E-state index in [0.717, 1.165) is 11.1 Å². The number of benzene rings is 2. The van der Waals surface area contributed by atoms with Crippen LogP contribution in [0.1, 0.15) is 38.3 Å². The Balaban J connectivity index is 1.77. The van der Waals surface area contributed by atoms with E-state index in [1.807, 2.05) is 18.2 Å². The lowest BCUT2D eigenvalue weighted by atomic mass is 10.2. The molecular weight excluding hydrogens is 430 g/mol. The molecule has 0 aromatic heterocycles. The number of carbonyl (C=O) groups excluding carboxylic acids is 3. The first-order valence-electron chi connectivity index (χ1n) is 10.2. The fourth-order valence-corrected chi connectivity index (χ4v) is 2.80. The summed E-state index contributed by atoms with van der Waals surface area (Å²) < 4.78 is 5.12. The Hall–Kier alpha value is -3.32. The molecule has 0 saturated heterocycles. The van der Waals surface area contributed by atoms with E-state index < -0.39 is 11.7 Å². The maximum Gasteiger partial charge on any atom is 0.407 e. The van der Waals surface area contributed by atoms with Gasteiger partial charge in [0.25, 0.3) is 0 Å². The summed E-state index contributed by atoms with van der Waals surface area (Å²) >= 11 is 5.93. The topological polar surface area (TPSA) is 96.5 Å². The second-order valence-corrected chi connectivity index (χ2v) is 8.47. The average molecular weight is 458 g/mol. The van der Waals surface area contributed by atoms with Crippen LogP contribution in [0.25, 0.3) is 6.08 Å². The van der Waals surface area contributed by atoms with Gasteiger partial charge < -0.3 is 20.7 Å². The van der Waals surface area contributed by atoms with E-state index >= 15 is 0 Å². The molecule has 0 heterocycles. The van der Waals surface area contributed by atoms with Crippen molar-refractivity contribution in [2.45, 2.75) is 39.3 Å².